The lowest BCUT2D eigenvalue weighted by Gasteiger charge is -2.38. The summed E-state index contributed by atoms with van der Waals surface area (Å²) >= 11 is 0. The molecule has 1 aliphatic carbocycles. The Bertz CT molecular complexity index is 725. The average molecular weight is 440 g/mol. The zero-order chi connectivity index (χ0) is 22.7. The number of benzene rings is 1. The molecule has 174 valence electrons. The predicted octanol–water partition coefficient (Wildman–Crippen LogP) is 3.08. The van der Waals surface area contributed by atoms with Gasteiger partial charge in [0.1, 0.15) is 6.61 Å². The van der Waals surface area contributed by atoms with Crippen LogP contribution >= 0.6 is 0 Å². The number of allylic oxidation sites excluding steroid dienone is 2. The lowest BCUT2D eigenvalue weighted by molar-refractivity contribution is -0.0831. The summed E-state index contributed by atoms with van der Waals surface area (Å²) < 4.78 is 33.5. The number of aliphatic hydroxyl groups excluding tert-OH is 3. The molecule has 0 spiro atoms. The average Bonchev–Trinajstić information content (AvgIpc) is 2.75. The number of nitrogens with one attached hydrogen (secondary N) is 1. The number of halogens is 2. The molecule has 31 heavy (non-hydrogen) atoms. The molecule has 0 radical (unpaired) electrons. The van der Waals surface area contributed by atoms with E-state index in [4.69, 9.17) is 4.74 Å². The van der Waals surface area contributed by atoms with Crippen molar-refractivity contribution in [2.45, 2.75) is 50.7 Å². The van der Waals surface area contributed by atoms with Crippen molar-refractivity contribution in [3.05, 3.63) is 59.7 Å². The molecule has 0 heterocycles. The highest BCUT2D eigenvalue weighted by Crippen LogP contribution is 2.32. The maximum absolute atomic E-state index is 14.1. The third kappa shape index (κ3) is 7.47. The second-order valence-electron chi connectivity index (χ2n) is 8.22. The predicted molar refractivity (Wildman–Crippen MR) is 117 cm³/mol. The second kappa shape index (κ2) is 12.4. The highest BCUT2D eigenvalue weighted by atomic mass is 19.3. The smallest absolute Gasteiger partial charge is 0.296 e. The van der Waals surface area contributed by atoms with E-state index in [-0.39, 0.29) is 18.7 Å². The summed E-state index contributed by atoms with van der Waals surface area (Å²) in [7, 11) is 0. The highest BCUT2D eigenvalue weighted by Gasteiger charge is 2.41. The maximum atomic E-state index is 14.1. The number of unbranched alkanes of at least 4 members (excludes halogenated alkanes) is 3. The van der Waals surface area contributed by atoms with Gasteiger partial charge in [-0.1, -0.05) is 67.0 Å². The van der Waals surface area contributed by atoms with E-state index < -0.39 is 30.2 Å². The van der Waals surface area contributed by atoms with Crippen LogP contribution < -0.4 is 5.32 Å². The van der Waals surface area contributed by atoms with E-state index in [1.807, 2.05) is 0 Å². The van der Waals surface area contributed by atoms with Crippen molar-refractivity contribution in [3.63, 3.8) is 0 Å². The minimum absolute atomic E-state index is 0.0176. The van der Waals surface area contributed by atoms with Crippen molar-refractivity contribution in [2.24, 2.45) is 5.41 Å². The Morgan fingerprint density at radius 3 is 2.68 bits per heavy atom. The number of hydrogen-bond donors (Lipinski definition) is 4. The zero-order valence-corrected chi connectivity index (χ0v) is 18.1. The van der Waals surface area contributed by atoms with Crippen LogP contribution in [-0.4, -0.2) is 60.4 Å². The summed E-state index contributed by atoms with van der Waals surface area (Å²) in [6.45, 7) is 2.06. The molecule has 0 amide bonds. The SMILES string of the molecule is Cc1cccc(C(F)(F)COCCCCCCNCC(O)C2(CO)C=CC=CC2O)c1. The van der Waals surface area contributed by atoms with E-state index in [0.29, 0.717) is 19.6 Å². The summed E-state index contributed by atoms with van der Waals surface area (Å²) in [5.74, 6) is -2.99. The summed E-state index contributed by atoms with van der Waals surface area (Å²) in [5.41, 5.74) is -0.302. The van der Waals surface area contributed by atoms with Crippen molar-refractivity contribution >= 4 is 0 Å². The van der Waals surface area contributed by atoms with Gasteiger partial charge in [0.05, 0.1) is 24.2 Å². The van der Waals surface area contributed by atoms with Crippen LogP contribution in [0.3, 0.4) is 0 Å². The minimum Gasteiger partial charge on any atom is -0.395 e. The number of hydrogen-bond acceptors (Lipinski definition) is 5. The molecule has 5 nitrogen and oxygen atoms in total. The van der Waals surface area contributed by atoms with Gasteiger partial charge in [0.15, 0.2) is 0 Å². The van der Waals surface area contributed by atoms with E-state index in [1.54, 1.807) is 43.4 Å². The van der Waals surface area contributed by atoms with Gasteiger partial charge in [0.2, 0.25) is 0 Å². The molecule has 0 saturated heterocycles. The molecule has 0 saturated carbocycles. The molecule has 0 aliphatic heterocycles. The largest absolute Gasteiger partial charge is 0.395 e. The molecule has 4 N–H and O–H groups in total. The first-order valence-corrected chi connectivity index (χ1v) is 10.9. The van der Waals surface area contributed by atoms with Gasteiger partial charge in [-0.15, -0.1) is 0 Å². The van der Waals surface area contributed by atoms with Crippen molar-refractivity contribution in [3.8, 4) is 0 Å². The molecule has 2 rings (SSSR count). The van der Waals surface area contributed by atoms with Crippen LogP contribution in [0.5, 0.6) is 0 Å². The standard InChI is InChI=1S/C24H35F2NO4/c1-19-9-8-10-20(15-19)24(25,26)18-31-14-7-3-2-6-13-27-16-22(30)23(17-28)12-5-4-11-21(23)29/h4-5,8-12,15,21-22,27-30H,2-3,6-7,13-14,16-18H2,1H3. The van der Waals surface area contributed by atoms with Crippen molar-refractivity contribution < 1.29 is 28.8 Å². The van der Waals surface area contributed by atoms with Crippen molar-refractivity contribution in [2.75, 3.05) is 32.9 Å². The normalized spacial score (nSPS) is 22.1. The third-order valence-electron chi connectivity index (χ3n) is 5.71. The minimum atomic E-state index is -2.99. The third-order valence-corrected chi connectivity index (χ3v) is 5.71. The number of ether oxygens (including phenoxy) is 1. The molecule has 0 aromatic heterocycles. The van der Waals surface area contributed by atoms with E-state index in [1.165, 1.54) is 12.1 Å². The molecule has 1 aromatic carbocycles. The van der Waals surface area contributed by atoms with Crippen molar-refractivity contribution in [1.29, 1.82) is 0 Å². The molecular weight excluding hydrogens is 404 g/mol. The van der Waals surface area contributed by atoms with Crippen LogP contribution in [-0.2, 0) is 10.7 Å². The van der Waals surface area contributed by atoms with Crippen molar-refractivity contribution in [1.82, 2.24) is 5.32 Å². The quantitative estimate of drug-likeness (QED) is 0.335. The van der Waals surface area contributed by atoms with E-state index in [2.05, 4.69) is 5.32 Å². The second-order valence-corrected chi connectivity index (χ2v) is 8.22. The Labute approximate surface area is 183 Å². The van der Waals surface area contributed by atoms with E-state index in [0.717, 1.165) is 24.8 Å². The summed E-state index contributed by atoms with van der Waals surface area (Å²) in [4.78, 5) is 0. The van der Waals surface area contributed by atoms with E-state index in [9.17, 15) is 24.1 Å². The van der Waals surface area contributed by atoms with E-state index >= 15 is 0 Å². The molecule has 3 atom stereocenters. The van der Waals surface area contributed by atoms with Gasteiger partial charge in [0, 0.05) is 18.7 Å². The fraction of sp³-hybridized carbons (Fsp3) is 0.583. The van der Waals surface area contributed by atoms with Crippen LogP contribution in [0.4, 0.5) is 8.78 Å². The van der Waals surface area contributed by atoms with Gasteiger partial charge < -0.3 is 25.4 Å². The first-order chi connectivity index (χ1) is 14.8. The van der Waals surface area contributed by atoms with Gasteiger partial charge in [-0.25, -0.2) is 0 Å². The number of alkyl halides is 2. The Balaban J connectivity index is 1.53. The van der Waals surface area contributed by atoms with Crippen LogP contribution in [0.15, 0.2) is 48.6 Å². The maximum Gasteiger partial charge on any atom is 0.296 e. The van der Waals surface area contributed by atoms with Crippen LogP contribution in [0.2, 0.25) is 0 Å². The summed E-state index contributed by atoms with van der Waals surface area (Å²) in [6.07, 6.45) is 8.11. The molecule has 1 aromatic rings. The zero-order valence-electron chi connectivity index (χ0n) is 18.1. The fourth-order valence-corrected chi connectivity index (χ4v) is 3.63. The Hall–Kier alpha value is -1.64. The molecular formula is C24H35F2NO4. The highest BCUT2D eigenvalue weighted by molar-refractivity contribution is 5.26. The topological polar surface area (TPSA) is 82.0 Å². The lowest BCUT2D eigenvalue weighted by Crippen LogP contribution is -2.50. The van der Waals surface area contributed by atoms with Crippen LogP contribution in [0.25, 0.3) is 0 Å². The molecule has 1 aliphatic rings. The van der Waals surface area contributed by atoms with Gasteiger partial charge >= 0.3 is 0 Å². The fourth-order valence-electron chi connectivity index (χ4n) is 3.63. The monoisotopic (exact) mass is 439 g/mol. The number of aliphatic hydroxyl groups is 3. The van der Waals surface area contributed by atoms with Gasteiger partial charge in [-0.05, 0) is 26.3 Å². The Morgan fingerprint density at radius 1 is 1.19 bits per heavy atom. The van der Waals surface area contributed by atoms with Gasteiger partial charge in [-0.3, -0.25) is 0 Å². The number of aryl methyl sites for hydroxylation is 1. The number of rotatable bonds is 14. The summed E-state index contributed by atoms with van der Waals surface area (Å²) in [5, 5.41) is 33.3. The Morgan fingerprint density at radius 2 is 1.97 bits per heavy atom. The summed E-state index contributed by atoms with van der Waals surface area (Å²) in [6, 6.07) is 6.32. The molecule has 0 bridgehead atoms. The van der Waals surface area contributed by atoms with Gasteiger partial charge in [-0.2, -0.15) is 8.78 Å². The van der Waals surface area contributed by atoms with Crippen LogP contribution in [0.1, 0.15) is 36.8 Å². The lowest BCUT2D eigenvalue weighted by atomic mass is 9.75. The Kier molecular flexibility index (Phi) is 10.3. The first-order valence-electron chi connectivity index (χ1n) is 10.9. The first kappa shape index (κ1) is 25.6. The molecule has 3 unspecified atom stereocenters. The van der Waals surface area contributed by atoms with Crippen LogP contribution in [0, 0.1) is 12.3 Å². The molecule has 7 heteroatoms. The molecule has 0 fully saturated rings. The van der Waals surface area contributed by atoms with Gasteiger partial charge in [0.25, 0.3) is 5.92 Å².